The highest BCUT2D eigenvalue weighted by Gasteiger charge is 2.37. The van der Waals surface area contributed by atoms with Gasteiger partial charge < -0.3 is 25.1 Å². The van der Waals surface area contributed by atoms with E-state index >= 15 is 0 Å². The highest BCUT2D eigenvalue weighted by molar-refractivity contribution is 5.88. The van der Waals surface area contributed by atoms with Gasteiger partial charge in [-0.25, -0.2) is 0 Å². The third kappa shape index (κ3) is 1.78. The van der Waals surface area contributed by atoms with Gasteiger partial charge in [0.2, 0.25) is 0 Å². The lowest BCUT2D eigenvalue weighted by molar-refractivity contribution is -0.308. The lowest BCUT2D eigenvalue weighted by Crippen LogP contribution is -2.48. The molecule has 1 heterocycles. The van der Waals surface area contributed by atoms with Crippen LogP contribution in [0, 0.1) is 5.92 Å². The van der Waals surface area contributed by atoms with E-state index in [0.717, 1.165) is 5.56 Å². The predicted octanol–water partition coefficient (Wildman–Crippen LogP) is -0.746. The molecule has 5 heteroatoms. The van der Waals surface area contributed by atoms with E-state index in [2.05, 4.69) is 5.32 Å². The maximum Gasteiger partial charge on any atom is 0.0715 e. The lowest BCUT2D eigenvalue weighted by atomic mass is 9.79. The van der Waals surface area contributed by atoms with Gasteiger partial charge in [0.1, 0.15) is 0 Å². The fraction of sp³-hybridized carbons (Fsp3) is 0.286. The summed E-state index contributed by atoms with van der Waals surface area (Å²) in [4.78, 5) is 22.1. The van der Waals surface area contributed by atoms with Gasteiger partial charge in [-0.1, -0.05) is 18.2 Å². The molecule has 0 bridgehead atoms. The molecule has 1 aromatic carbocycles. The zero-order chi connectivity index (χ0) is 13.6. The minimum absolute atomic E-state index is 0.0848. The van der Waals surface area contributed by atoms with Crippen LogP contribution in [-0.2, 0) is 4.79 Å². The molecule has 0 unspecified atom stereocenters. The summed E-state index contributed by atoms with van der Waals surface area (Å²) in [5.74, 6) is -2.58. The first kappa shape index (κ1) is 11.8. The molecule has 0 saturated heterocycles. The van der Waals surface area contributed by atoms with Gasteiger partial charge in [0.05, 0.1) is 18.0 Å². The molecule has 0 aromatic heterocycles. The van der Waals surface area contributed by atoms with E-state index in [4.69, 9.17) is 0 Å². The Morgan fingerprint density at radius 3 is 2.74 bits per heavy atom. The molecule has 3 rings (SSSR count). The van der Waals surface area contributed by atoms with Gasteiger partial charge in [-0.3, -0.25) is 0 Å². The van der Waals surface area contributed by atoms with Crippen molar-refractivity contribution in [2.24, 2.45) is 5.92 Å². The summed E-state index contributed by atoms with van der Waals surface area (Å²) in [6.45, 7) is 0. The van der Waals surface area contributed by atoms with Crippen LogP contribution in [-0.4, -0.2) is 18.0 Å². The lowest BCUT2D eigenvalue weighted by Gasteiger charge is -2.37. The van der Waals surface area contributed by atoms with E-state index in [9.17, 15) is 19.8 Å². The van der Waals surface area contributed by atoms with Crippen molar-refractivity contribution in [3.63, 3.8) is 0 Å². The zero-order valence-corrected chi connectivity index (χ0v) is 9.96. The van der Waals surface area contributed by atoms with Crippen molar-refractivity contribution in [3.05, 3.63) is 41.5 Å². The molecule has 1 N–H and O–H groups in total. The van der Waals surface area contributed by atoms with Crippen LogP contribution in [0.25, 0.3) is 0 Å². The summed E-state index contributed by atoms with van der Waals surface area (Å²) in [6, 6.07) is 3.79. The summed E-state index contributed by atoms with van der Waals surface area (Å²) < 4.78 is 0. The molecule has 0 saturated carbocycles. The Balaban J connectivity index is 2.08. The summed E-state index contributed by atoms with van der Waals surface area (Å²) in [7, 11) is 0. The normalized spacial score (nSPS) is 27.3. The number of aromatic carboxylic acids is 1. The van der Waals surface area contributed by atoms with E-state index in [0.29, 0.717) is 12.1 Å². The number of hydrogen-bond acceptors (Lipinski definition) is 5. The van der Waals surface area contributed by atoms with Crippen molar-refractivity contribution in [3.8, 4) is 0 Å². The Bertz CT molecular complexity index is 593. The Hall–Kier alpha value is -2.30. The number of carboxylic acid groups (broad SMARTS) is 2. The molecule has 0 radical (unpaired) electrons. The van der Waals surface area contributed by atoms with Gasteiger partial charge in [-0.05, 0) is 35.6 Å². The van der Waals surface area contributed by atoms with E-state index in [1.807, 2.05) is 12.2 Å². The number of nitrogens with one attached hydrogen (secondary N) is 1. The van der Waals surface area contributed by atoms with Crippen molar-refractivity contribution in [1.82, 2.24) is 0 Å². The molecule has 1 aromatic rings. The number of allylic oxidation sites excluding steroid dienone is 2. The maximum absolute atomic E-state index is 11.2. The first-order valence-electron chi connectivity index (χ1n) is 6.07. The molecule has 3 atom stereocenters. The fourth-order valence-electron chi connectivity index (χ4n) is 2.95. The number of rotatable bonds is 2. The third-order valence-electron chi connectivity index (χ3n) is 3.85. The maximum atomic E-state index is 11.2. The third-order valence-corrected chi connectivity index (χ3v) is 3.85. The second-order valence-electron chi connectivity index (χ2n) is 4.88. The van der Waals surface area contributed by atoms with E-state index in [1.54, 1.807) is 12.1 Å². The smallest absolute Gasteiger partial charge is 0.0715 e. The molecule has 19 heavy (non-hydrogen) atoms. The molecular weight excluding hydrogens is 246 g/mol. The molecule has 98 valence electrons. The largest absolute Gasteiger partial charge is 0.548 e. The second-order valence-corrected chi connectivity index (χ2v) is 4.88. The summed E-state index contributed by atoms with van der Waals surface area (Å²) >= 11 is 0. The van der Waals surface area contributed by atoms with Gasteiger partial charge >= 0.3 is 0 Å². The standard InChI is InChI=1S/C14H13NO4/c16-13(17)7-4-5-11-10(6-7)8-2-1-3-9(8)12(15-11)14(18)19/h1-2,4-6,8-9,12,15H,3H2,(H,16,17)(H,18,19)/p-2/t8-,9+,12+/m0/s1. The summed E-state index contributed by atoms with van der Waals surface area (Å²) in [5.41, 5.74) is 1.55. The van der Waals surface area contributed by atoms with Crippen LogP contribution in [0.1, 0.15) is 28.3 Å². The summed E-state index contributed by atoms with van der Waals surface area (Å²) in [6.07, 6.45) is 4.50. The van der Waals surface area contributed by atoms with E-state index < -0.39 is 18.0 Å². The van der Waals surface area contributed by atoms with Crippen molar-refractivity contribution in [2.75, 3.05) is 5.32 Å². The van der Waals surface area contributed by atoms with Crippen LogP contribution in [0.4, 0.5) is 5.69 Å². The monoisotopic (exact) mass is 257 g/mol. The molecule has 0 spiro atoms. The van der Waals surface area contributed by atoms with Gasteiger partial charge in [-0.2, -0.15) is 0 Å². The SMILES string of the molecule is O=C([O-])c1ccc2c(c1)[C@H]1C=CC[C@H]1[C@H](C(=O)[O-])N2. The number of benzene rings is 1. The highest BCUT2D eigenvalue weighted by atomic mass is 16.4. The van der Waals surface area contributed by atoms with Gasteiger partial charge in [-0.15, -0.1) is 0 Å². The topological polar surface area (TPSA) is 92.3 Å². The zero-order valence-electron chi connectivity index (χ0n) is 9.96. The number of aliphatic carboxylic acids is 1. The molecule has 5 nitrogen and oxygen atoms in total. The Morgan fingerprint density at radius 1 is 1.26 bits per heavy atom. The molecule has 0 amide bonds. The predicted molar refractivity (Wildman–Crippen MR) is 63.2 cm³/mol. The molecule has 2 aliphatic rings. The van der Waals surface area contributed by atoms with Crippen molar-refractivity contribution in [1.29, 1.82) is 0 Å². The first-order valence-corrected chi connectivity index (χ1v) is 6.07. The van der Waals surface area contributed by atoms with Crippen LogP contribution in [0.15, 0.2) is 30.4 Å². The first-order chi connectivity index (χ1) is 9.08. The molecular formula is C14H11NO4-2. The number of carbonyl (C=O) groups excluding carboxylic acids is 2. The van der Waals surface area contributed by atoms with E-state index in [-0.39, 0.29) is 17.4 Å². The number of hydrogen-bond donors (Lipinski definition) is 1. The number of anilines is 1. The quantitative estimate of drug-likeness (QED) is 0.704. The van der Waals surface area contributed by atoms with Crippen LogP contribution in [0.2, 0.25) is 0 Å². The minimum atomic E-state index is -1.23. The van der Waals surface area contributed by atoms with Gasteiger partial charge in [0, 0.05) is 11.6 Å². The van der Waals surface area contributed by atoms with Crippen molar-refractivity contribution in [2.45, 2.75) is 18.4 Å². The second kappa shape index (κ2) is 4.12. The van der Waals surface area contributed by atoms with Gasteiger partial charge in [0.25, 0.3) is 0 Å². The minimum Gasteiger partial charge on any atom is -0.548 e. The Kier molecular flexibility index (Phi) is 2.55. The number of carboxylic acids is 2. The van der Waals surface area contributed by atoms with Crippen LogP contribution in [0.5, 0.6) is 0 Å². The van der Waals surface area contributed by atoms with Crippen LogP contribution >= 0.6 is 0 Å². The fourth-order valence-corrected chi connectivity index (χ4v) is 2.95. The van der Waals surface area contributed by atoms with Crippen LogP contribution < -0.4 is 15.5 Å². The number of fused-ring (bicyclic) bond motifs is 3. The molecule has 0 fully saturated rings. The van der Waals surface area contributed by atoms with Crippen molar-refractivity contribution >= 4 is 17.6 Å². The Morgan fingerprint density at radius 2 is 2.05 bits per heavy atom. The molecule has 1 aliphatic carbocycles. The van der Waals surface area contributed by atoms with E-state index in [1.165, 1.54) is 6.07 Å². The summed E-state index contributed by atoms with van der Waals surface area (Å²) in [5, 5.41) is 25.0. The number of carbonyl (C=O) groups is 2. The Labute approximate surface area is 109 Å². The highest BCUT2D eigenvalue weighted by Crippen LogP contribution is 2.44. The average molecular weight is 257 g/mol. The average Bonchev–Trinajstić information content (AvgIpc) is 2.86. The van der Waals surface area contributed by atoms with Gasteiger partial charge in [0.15, 0.2) is 0 Å². The van der Waals surface area contributed by atoms with Crippen LogP contribution in [0.3, 0.4) is 0 Å². The molecule has 1 aliphatic heterocycles. The van der Waals surface area contributed by atoms with Crippen molar-refractivity contribution < 1.29 is 19.8 Å².